The number of allylic oxidation sites excluding steroid dienone is 3. The van der Waals surface area contributed by atoms with Crippen molar-refractivity contribution in [3.63, 3.8) is 0 Å². The first-order chi connectivity index (χ1) is 5.29. The molecule has 0 bridgehead atoms. The van der Waals surface area contributed by atoms with Gasteiger partial charge in [-0.3, -0.25) is 0 Å². The molecule has 0 saturated heterocycles. The van der Waals surface area contributed by atoms with Gasteiger partial charge in [0.1, 0.15) is 0 Å². The minimum atomic E-state index is -0.229. The molecule has 12 heavy (non-hydrogen) atoms. The molecule has 64 valence electrons. The Morgan fingerprint density at radius 2 is 2.00 bits per heavy atom. The first-order valence-corrected chi connectivity index (χ1v) is 3.20. The van der Waals surface area contributed by atoms with Crippen molar-refractivity contribution in [3.8, 4) is 0 Å². The van der Waals surface area contributed by atoms with Gasteiger partial charge in [-0.05, 0) is 6.42 Å². The summed E-state index contributed by atoms with van der Waals surface area (Å²) in [5, 5.41) is 5.06. The van der Waals surface area contributed by atoms with Gasteiger partial charge in [-0.1, -0.05) is 0 Å². The third-order valence-electron chi connectivity index (χ3n) is 1.61. The van der Waals surface area contributed by atoms with Gasteiger partial charge in [0.05, 0.1) is 6.17 Å². The van der Waals surface area contributed by atoms with E-state index in [1.165, 1.54) is 0 Å². The van der Waals surface area contributed by atoms with Crippen molar-refractivity contribution in [1.82, 2.24) is 0 Å². The summed E-state index contributed by atoms with van der Waals surface area (Å²) in [6, 6.07) is 0. The fourth-order valence-electron chi connectivity index (χ4n) is 1.01. The standard InChI is InChI=1S/C7H7N2O2.W/c1-5-3-2-4-6(5)7(8-10)9-11;/h2-3H,4H2,1H3;/q-1;. The maximum absolute atomic E-state index is 10.0. The third-order valence-corrected chi connectivity index (χ3v) is 1.61. The van der Waals surface area contributed by atoms with E-state index in [4.69, 9.17) is 0 Å². The summed E-state index contributed by atoms with van der Waals surface area (Å²) >= 11 is 0. The smallest absolute Gasteiger partial charge is 0.0897 e. The van der Waals surface area contributed by atoms with Gasteiger partial charge in [-0.2, -0.15) is 21.0 Å². The Kier molecular flexibility index (Phi) is 4.67. The number of nitroso groups, excluding NO2 is 2. The summed E-state index contributed by atoms with van der Waals surface area (Å²) in [6.45, 7) is 1.81. The summed E-state index contributed by atoms with van der Waals surface area (Å²) in [5.41, 5.74) is 1.52. The zero-order chi connectivity index (χ0) is 8.27. The van der Waals surface area contributed by atoms with Gasteiger partial charge in [0.2, 0.25) is 0 Å². The molecule has 1 aliphatic rings. The van der Waals surface area contributed by atoms with E-state index in [2.05, 4.69) is 10.4 Å². The molecule has 0 aromatic rings. The van der Waals surface area contributed by atoms with E-state index in [9.17, 15) is 9.81 Å². The summed E-state index contributed by atoms with van der Waals surface area (Å²) in [4.78, 5) is 20.1. The molecule has 0 aliphatic heterocycles. The predicted molar refractivity (Wildman–Crippen MR) is 41.3 cm³/mol. The van der Waals surface area contributed by atoms with E-state index >= 15 is 0 Å². The molecular formula is C7H7N2O2W-. The fraction of sp³-hybridized carbons (Fsp3) is 0.286. The molecule has 0 heterocycles. The Balaban J connectivity index is 0.00000121. The van der Waals surface area contributed by atoms with Crippen molar-refractivity contribution in [1.29, 1.82) is 0 Å². The predicted octanol–water partition coefficient (Wildman–Crippen LogP) is 2.28. The van der Waals surface area contributed by atoms with Crippen molar-refractivity contribution < 1.29 is 21.1 Å². The second kappa shape index (κ2) is 4.99. The van der Waals surface area contributed by atoms with Crippen LogP contribution in [0.4, 0.5) is 0 Å². The summed E-state index contributed by atoms with van der Waals surface area (Å²) < 4.78 is 0. The molecular weight excluding hydrogens is 328 g/mol. The Morgan fingerprint density at radius 1 is 1.42 bits per heavy atom. The van der Waals surface area contributed by atoms with Crippen molar-refractivity contribution in [2.75, 3.05) is 0 Å². The van der Waals surface area contributed by atoms with Crippen molar-refractivity contribution in [2.45, 2.75) is 13.3 Å². The van der Waals surface area contributed by atoms with Crippen LogP contribution in [0.3, 0.4) is 0 Å². The SMILES string of the molecule is CC1=C([C-](N=O)N=O)CC=C1.[W]. The van der Waals surface area contributed by atoms with Crippen LogP contribution in [0.25, 0.3) is 0 Å². The van der Waals surface area contributed by atoms with Crippen LogP contribution in [0, 0.1) is 16.0 Å². The number of hydrogen-bond acceptors (Lipinski definition) is 4. The first kappa shape index (κ1) is 11.2. The molecule has 4 nitrogen and oxygen atoms in total. The molecule has 0 aromatic heterocycles. The van der Waals surface area contributed by atoms with Crippen LogP contribution in [0.5, 0.6) is 0 Å². The number of hydrogen-bond donors (Lipinski definition) is 0. The Morgan fingerprint density at radius 3 is 2.33 bits per heavy atom. The molecule has 0 fully saturated rings. The first-order valence-electron chi connectivity index (χ1n) is 3.20. The molecule has 1 aliphatic carbocycles. The maximum Gasteiger partial charge on any atom is 0.0897 e. The van der Waals surface area contributed by atoms with Gasteiger partial charge in [0.25, 0.3) is 0 Å². The fourth-order valence-corrected chi connectivity index (χ4v) is 1.01. The van der Waals surface area contributed by atoms with Crippen LogP contribution in [-0.4, -0.2) is 0 Å². The van der Waals surface area contributed by atoms with E-state index in [0.717, 1.165) is 5.57 Å². The largest absolute Gasteiger partial charge is 0.191 e. The maximum atomic E-state index is 10.0. The molecule has 0 aromatic carbocycles. The van der Waals surface area contributed by atoms with Gasteiger partial charge >= 0.3 is 0 Å². The molecule has 0 N–H and O–H groups in total. The van der Waals surface area contributed by atoms with Crippen molar-refractivity contribution in [2.24, 2.45) is 10.4 Å². The van der Waals surface area contributed by atoms with E-state index in [0.29, 0.717) is 12.0 Å². The van der Waals surface area contributed by atoms with E-state index in [1.54, 1.807) is 0 Å². The van der Waals surface area contributed by atoms with Crippen molar-refractivity contribution in [3.05, 3.63) is 39.3 Å². The molecule has 0 unspecified atom stereocenters. The Hall–Kier alpha value is -0.762. The van der Waals surface area contributed by atoms with Gasteiger partial charge in [0, 0.05) is 21.1 Å². The van der Waals surface area contributed by atoms with Gasteiger partial charge in [0.15, 0.2) is 0 Å². The summed E-state index contributed by atoms with van der Waals surface area (Å²) in [5.74, 6) is 0. The van der Waals surface area contributed by atoms with Crippen molar-refractivity contribution >= 4 is 0 Å². The van der Waals surface area contributed by atoms with Crippen LogP contribution < -0.4 is 0 Å². The second-order valence-corrected chi connectivity index (χ2v) is 2.27. The van der Waals surface area contributed by atoms with Crippen LogP contribution in [0.1, 0.15) is 13.3 Å². The van der Waals surface area contributed by atoms with Gasteiger partial charge < -0.3 is 0 Å². The molecule has 1 rings (SSSR count). The zero-order valence-electron chi connectivity index (χ0n) is 6.48. The van der Waals surface area contributed by atoms with Crippen LogP contribution in [-0.2, 0) is 21.1 Å². The van der Waals surface area contributed by atoms with E-state index in [-0.39, 0.29) is 27.2 Å². The molecule has 0 spiro atoms. The summed E-state index contributed by atoms with van der Waals surface area (Å²) in [7, 11) is 0. The Labute approximate surface area is 84.3 Å². The molecule has 0 radical (unpaired) electrons. The van der Waals surface area contributed by atoms with Crippen LogP contribution in [0.2, 0.25) is 0 Å². The van der Waals surface area contributed by atoms with Gasteiger partial charge in [-0.25, -0.2) is 0 Å². The molecule has 0 amide bonds. The van der Waals surface area contributed by atoms with E-state index in [1.807, 2.05) is 19.1 Å². The number of nitrogens with zero attached hydrogens (tertiary/aromatic N) is 2. The monoisotopic (exact) mass is 335 g/mol. The van der Waals surface area contributed by atoms with Crippen LogP contribution >= 0.6 is 0 Å². The Bertz CT molecular complexity index is 240. The second-order valence-electron chi connectivity index (χ2n) is 2.27. The normalized spacial score (nSPS) is 14.1. The third kappa shape index (κ3) is 2.11. The van der Waals surface area contributed by atoms with E-state index < -0.39 is 0 Å². The minimum Gasteiger partial charge on any atom is -0.191 e. The minimum absolute atomic E-state index is 0. The molecule has 0 atom stereocenters. The van der Waals surface area contributed by atoms with Crippen LogP contribution in [0.15, 0.2) is 33.7 Å². The number of rotatable bonds is 3. The average molecular weight is 335 g/mol. The molecule has 5 heteroatoms. The topological polar surface area (TPSA) is 58.9 Å². The summed E-state index contributed by atoms with van der Waals surface area (Å²) in [6.07, 6.45) is 4.05. The molecule has 0 saturated carbocycles. The quantitative estimate of drug-likeness (QED) is 0.587. The zero-order valence-corrected chi connectivity index (χ0v) is 9.41. The average Bonchev–Trinajstić information content (AvgIpc) is 2.40. The van der Waals surface area contributed by atoms with Gasteiger partial charge in [-0.15, -0.1) is 29.4 Å².